The van der Waals surface area contributed by atoms with Gasteiger partial charge in [0.1, 0.15) is 16.8 Å². The summed E-state index contributed by atoms with van der Waals surface area (Å²) in [5.41, 5.74) is 10.6. The predicted octanol–water partition coefficient (Wildman–Crippen LogP) is 15.3. The minimum Gasteiger partial charge on any atom is -0.310 e. The van der Waals surface area contributed by atoms with Gasteiger partial charge in [-0.3, -0.25) is 9.80 Å². The minimum absolute atomic E-state index is 0.378. The average molecular weight is 797 g/mol. The highest BCUT2D eigenvalue weighted by Crippen LogP contribution is 2.44. The molecule has 0 spiro atoms. The first-order valence-corrected chi connectivity index (χ1v) is 20.2. The molecule has 60 heavy (non-hydrogen) atoms. The molecule has 9 aromatic rings. The van der Waals surface area contributed by atoms with Crippen LogP contribution in [-0.2, 0) is 0 Å². The molecule has 0 N–H and O–H groups in total. The normalized spacial score (nSPS) is 10.8. The highest BCUT2D eigenvalue weighted by Gasteiger charge is 2.23. The van der Waals surface area contributed by atoms with Crippen LogP contribution in [0.5, 0.6) is 0 Å². The quantitative estimate of drug-likeness (QED) is 0.115. The average Bonchev–Trinajstić information content (AvgIpc) is 3.29. The molecule has 0 aliphatic carbocycles. The molecular formula is C53H41ClN6. The topological polar surface area (TPSA) is 38.7 Å². The Balaban J connectivity index is 1.19. The Morgan fingerprint density at radius 3 is 1.00 bits per heavy atom. The van der Waals surface area contributed by atoms with Crippen molar-refractivity contribution in [3.8, 4) is 0 Å². The molecule has 0 aliphatic heterocycles. The lowest BCUT2D eigenvalue weighted by atomic mass is 10.1. The van der Waals surface area contributed by atoms with E-state index in [1.807, 2.05) is 78.9 Å². The second kappa shape index (κ2) is 17.4. The second-order valence-corrected chi connectivity index (χ2v) is 14.6. The van der Waals surface area contributed by atoms with Crippen molar-refractivity contribution in [2.24, 2.45) is 0 Å². The van der Waals surface area contributed by atoms with Gasteiger partial charge in [-0.15, -0.1) is 0 Å². The number of para-hydroxylation sites is 6. The van der Waals surface area contributed by atoms with Gasteiger partial charge in [0.05, 0.1) is 11.4 Å². The predicted molar refractivity (Wildman–Crippen MR) is 251 cm³/mol. The van der Waals surface area contributed by atoms with Gasteiger partial charge >= 0.3 is 0 Å². The Morgan fingerprint density at radius 2 is 0.583 bits per heavy atom. The molecule has 0 saturated heterocycles. The van der Waals surface area contributed by atoms with Crippen LogP contribution in [-0.4, -0.2) is 9.97 Å². The van der Waals surface area contributed by atoms with Crippen LogP contribution in [0.15, 0.2) is 231 Å². The summed E-state index contributed by atoms with van der Waals surface area (Å²) < 4.78 is 0. The molecule has 0 saturated carbocycles. The zero-order chi connectivity index (χ0) is 40.7. The lowest BCUT2D eigenvalue weighted by Gasteiger charge is -2.31. The van der Waals surface area contributed by atoms with Crippen molar-refractivity contribution in [3.63, 3.8) is 0 Å². The lowest BCUT2D eigenvalue weighted by Crippen LogP contribution is -2.16. The largest absolute Gasteiger partial charge is 0.310 e. The van der Waals surface area contributed by atoms with Crippen LogP contribution in [0.4, 0.5) is 68.5 Å². The zero-order valence-electron chi connectivity index (χ0n) is 33.0. The fourth-order valence-corrected chi connectivity index (χ4v) is 7.74. The van der Waals surface area contributed by atoms with Crippen molar-refractivity contribution in [2.45, 2.75) is 6.92 Å². The maximum Gasteiger partial charge on any atom is 0.141 e. The molecule has 0 atom stereocenters. The molecule has 9 rings (SSSR count). The molecule has 7 heteroatoms. The highest BCUT2D eigenvalue weighted by molar-refractivity contribution is 6.30. The Bertz CT molecular complexity index is 2520. The Labute approximate surface area is 356 Å². The Hall–Kier alpha value is -7.67. The van der Waals surface area contributed by atoms with E-state index in [2.05, 4.69) is 178 Å². The van der Waals surface area contributed by atoms with Gasteiger partial charge in [0.25, 0.3) is 0 Å². The summed E-state index contributed by atoms with van der Waals surface area (Å²) in [7, 11) is 0. The second-order valence-electron chi connectivity index (χ2n) is 14.2. The smallest absolute Gasteiger partial charge is 0.141 e. The van der Waals surface area contributed by atoms with E-state index in [-0.39, 0.29) is 0 Å². The Morgan fingerprint density at radius 1 is 0.283 bits per heavy atom. The number of nitrogens with zero attached hydrogens (tertiary/aromatic N) is 6. The number of pyridine rings is 2. The summed E-state index contributed by atoms with van der Waals surface area (Å²) in [6, 6.07) is 79.0. The molecule has 0 fully saturated rings. The van der Waals surface area contributed by atoms with Gasteiger partial charge in [-0.25, -0.2) is 9.97 Å². The van der Waals surface area contributed by atoms with Gasteiger partial charge in [0.15, 0.2) is 0 Å². The number of halogens is 1. The van der Waals surface area contributed by atoms with Gasteiger partial charge in [-0.05, 0) is 110 Å². The van der Waals surface area contributed by atoms with Gasteiger partial charge in [0.2, 0.25) is 0 Å². The molecule has 7 aromatic carbocycles. The molecule has 2 heterocycles. The molecule has 290 valence electrons. The van der Waals surface area contributed by atoms with E-state index < -0.39 is 0 Å². The third kappa shape index (κ3) is 8.18. The van der Waals surface area contributed by atoms with E-state index in [4.69, 9.17) is 21.6 Å². The van der Waals surface area contributed by atoms with Crippen molar-refractivity contribution < 1.29 is 0 Å². The fraction of sp³-hybridized carbons (Fsp3) is 0.0189. The summed E-state index contributed by atoms with van der Waals surface area (Å²) in [5, 5.41) is 0.378. The molecule has 6 nitrogen and oxygen atoms in total. The molecule has 0 amide bonds. The van der Waals surface area contributed by atoms with Crippen LogP contribution >= 0.6 is 11.6 Å². The molecule has 0 bridgehead atoms. The van der Waals surface area contributed by atoms with Crippen LogP contribution in [0.25, 0.3) is 0 Å². The number of hydrogen-bond donors (Lipinski definition) is 0. The van der Waals surface area contributed by atoms with E-state index in [0.29, 0.717) is 11.0 Å². The molecule has 0 radical (unpaired) electrons. The number of benzene rings is 7. The van der Waals surface area contributed by atoms with E-state index in [9.17, 15) is 0 Å². The molecule has 0 aliphatic rings. The summed E-state index contributed by atoms with van der Waals surface area (Å²) >= 11 is 6.99. The first-order valence-electron chi connectivity index (χ1n) is 19.9. The minimum atomic E-state index is 0.378. The van der Waals surface area contributed by atoms with Crippen LogP contribution in [0.2, 0.25) is 5.15 Å². The number of aryl methyl sites for hydroxylation is 1. The first-order chi connectivity index (χ1) is 29.6. The maximum atomic E-state index is 6.99. The molecular weight excluding hydrogens is 756 g/mol. The van der Waals surface area contributed by atoms with Crippen molar-refractivity contribution in [2.75, 3.05) is 19.6 Å². The van der Waals surface area contributed by atoms with Crippen LogP contribution in [0, 0.1) is 6.92 Å². The monoisotopic (exact) mass is 796 g/mol. The summed E-state index contributed by atoms with van der Waals surface area (Å²) in [6.45, 7) is 2.05. The van der Waals surface area contributed by atoms with Crippen LogP contribution in [0.3, 0.4) is 0 Å². The van der Waals surface area contributed by atoms with Crippen LogP contribution < -0.4 is 19.6 Å². The van der Waals surface area contributed by atoms with Gasteiger partial charge in [0, 0.05) is 63.3 Å². The van der Waals surface area contributed by atoms with Crippen LogP contribution in [0.1, 0.15) is 5.69 Å². The van der Waals surface area contributed by atoms with Crippen molar-refractivity contribution in [1.82, 2.24) is 9.97 Å². The van der Waals surface area contributed by atoms with Crippen molar-refractivity contribution in [1.29, 1.82) is 0 Å². The molecule has 0 unspecified atom stereocenters. The highest BCUT2D eigenvalue weighted by atomic mass is 35.5. The summed E-state index contributed by atoms with van der Waals surface area (Å²) in [5.74, 6) is 1.48. The van der Waals surface area contributed by atoms with Gasteiger partial charge in [-0.2, -0.15) is 0 Å². The number of anilines is 12. The molecule has 2 aromatic heterocycles. The third-order valence-corrected chi connectivity index (χ3v) is 10.3. The third-order valence-electron chi connectivity index (χ3n) is 10.1. The zero-order valence-corrected chi connectivity index (χ0v) is 33.8. The van der Waals surface area contributed by atoms with Gasteiger partial charge in [-0.1, -0.05) is 127 Å². The summed E-state index contributed by atoms with van der Waals surface area (Å²) in [4.78, 5) is 18.9. The van der Waals surface area contributed by atoms with Gasteiger partial charge < -0.3 is 9.80 Å². The van der Waals surface area contributed by atoms with E-state index in [1.54, 1.807) is 0 Å². The van der Waals surface area contributed by atoms with Crippen molar-refractivity contribution in [3.05, 3.63) is 241 Å². The van der Waals surface area contributed by atoms with Crippen molar-refractivity contribution >= 4 is 80.1 Å². The number of hydrogen-bond acceptors (Lipinski definition) is 6. The lowest BCUT2D eigenvalue weighted by molar-refractivity contribution is 1.11. The first kappa shape index (κ1) is 37.9. The fourth-order valence-electron chi connectivity index (χ4n) is 7.55. The number of aromatic nitrogens is 2. The standard InChI is InChI=1S/C53H41ClN6/c1-40-35-49(38-52(55-40)59(44-27-14-5-15-28-44)45-29-16-6-17-30-45)58(43-25-12-4-13-26-43)47-33-20-34-48(36-47)60(46-31-18-7-19-32-46)53-39-50(37-51(54)56-53)57(41-21-8-2-9-22-41)42-23-10-3-11-24-42/h2-39H,1H3. The summed E-state index contributed by atoms with van der Waals surface area (Å²) in [6.07, 6.45) is 0. The van der Waals surface area contributed by atoms with E-state index in [0.717, 1.165) is 68.4 Å². The van der Waals surface area contributed by atoms with E-state index >= 15 is 0 Å². The number of rotatable bonds is 12. The Kier molecular flexibility index (Phi) is 11.0. The SMILES string of the molecule is Cc1cc(N(c2ccccc2)c2cccc(N(c3ccccc3)c3cc(N(c4ccccc4)c4ccccc4)cc(Cl)n3)c2)cc(N(c2ccccc2)c2ccccc2)n1. The maximum absolute atomic E-state index is 6.99. The van der Waals surface area contributed by atoms with E-state index in [1.165, 1.54) is 0 Å².